The Balaban J connectivity index is 2.36. The minimum atomic E-state index is -0.222. The van der Waals surface area contributed by atoms with Gasteiger partial charge in [0, 0.05) is 18.8 Å². The Morgan fingerprint density at radius 1 is 0.556 bits per heavy atom. The monoisotopic (exact) mass is 501 g/mol. The van der Waals surface area contributed by atoms with Crippen LogP contribution in [0.4, 0.5) is 5.69 Å². The van der Waals surface area contributed by atoms with Crippen LogP contribution in [0.15, 0.2) is 24.3 Å². The van der Waals surface area contributed by atoms with E-state index in [1.165, 1.54) is 134 Å². The van der Waals surface area contributed by atoms with Gasteiger partial charge in [0.1, 0.15) is 0 Å². The average molecular weight is 502 g/mol. The zero-order valence-electron chi connectivity index (χ0n) is 24.3. The predicted molar refractivity (Wildman–Crippen MR) is 158 cm³/mol. The number of unbranched alkanes of at least 4 members (excludes halogenated alkanes) is 18. The van der Waals surface area contributed by atoms with E-state index in [1.54, 1.807) is 0 Å². The van der Waals surface area contributed by atoms with Crippen molar-refractivity contribution in [1.29, 1.82) is 0 Å². The molecule has 3 heteroatoms. The van der Waals surface area contributed by atoms with Crippen molar-refractivity contribution in [3.05, 3.63) is 29.8 Å². The van der Waals surface area contributed by atoms with Gasteiger partial charge in [-0.3, -0.25) is 0 Å². The van der Waals surface area contributed by atoms with Gasteiger partial charge in [-0.2, -0.15) is 0 Å². The number of anilines is 1. The lowest BCUT2D eigenvalue weighted by Crippen LogP contribution is -2.25. The summed E-state index contributed by atoms with van der Waals surface area (Å²) in [6, 6.07) is 8.08. The Bertz CT molecular complexity index is 589. The van der Waals surface area contributed by atoms with Gasteiger partial charge in [0.05, 0.1) is 12.2 Å². The van der Waals surface area contributed by atoms with Crippen molar-refractivity contribution in [2.45, 2.75) is 149 Å². The summed E-state index contributed by atoms with van der Waals surface area (Å²) < 4.78 is 5.15. The molecule has 0 spiro atoms. The lowest BCUT2D eigenvalue weighted by atomic mass is 10.1. The van der Waals surface area contributed by atoms with Crippen molar-refractivity contribution >= 4 is 11.7 Å². The van der Waals surface area contributed by atoms with Crippen LogP contribution in [0.5, 0.6) is 0 Å². The van der Waals surface area contributed by atoms with Crippen molar-refractivity contribution in [3.8, 4) is 0 Å². The number of hydrogen-bond acceptors (Lipinski definition) is 3. The average Bonchev–Trinajstić information content (AvgIpc) is 2.90. The van der Waals surface area contributed by atoms with Crippen LogP contribution in [0.2, 0.25) is 0 Å². The molecule has 1 aromatic carbocycles. The van der Waals surface area contributed by atoms with E-state index in [4.69, 9.17) is 4.74 Å². The van der Waals surface area contributed by atoms with E-state index < -0.39 is 0 Å². The third-order valence-electron chi connectivity index (χ3n) is 7.31. The van der Waals surface area contributed by atoms with Gasteiger partial charge in [-0.05, 0) is 44.0 Å². The Morgan fingerprint density at radius 3 is 1.28 bits per heavy atom. The molecule has 1 aromatic rings. The molecular weight excluding hydrogens is 442 g/mol. The smallest absolute Gasteiger partial charge is 0.338 e. The molecular formula is C33H59NO2. The topological polar surface area (TPSA) is 29.5 Å². The number of rotatable bonds is 25. The van der Waals surface area contributed by atoms with Gasteiger partial charge in [-0.1, -0.05) is 129 Å². The minimum absolute atomic E-state index is 0.222. The highest BCUT2D eigenvalue weighted by molar-refractivity contribution is 5.89. The van der Waals surface area contributed by atoms with E-state index in [0.29, 0.717) is 12.2 Å². The van der Waals surface area contributed by atoms with Crippen molar-refractivity contribution in [2.24, 2.45) is 0 Å². The summed E-state index contributed by atoms with van der Waals surface area (Å²) in [6.45, 7) is 9.08. The molecule has 0 radical (unpaired) electrons. The Kier molecular flexibility index (Phi) is 21.6. The summed E-state index contributed by atoms with van der Waals surface area (Å²) in [5.74, 6) is -0.222. The van der Waals surface area contributed by atoms with E-state index >= 15 is 0 Å². The van der Waals surface area contributed by atoms with Crippen LogP contribution in [-0.2, 0) is 4.74 Å². The molecule has 0 atom stereocenters. The first-order valence-corrected chi connectivity index (χ1v) is 15.7. The molecule has 0 heterocycles. The van der Waals surface area contributed by atoms with Gasteiger partial charge in [-0.25, -0.2) is 4.79 Å². The molecule has 0 amide bonds. The zero-order valence-corrected chi connectivity index (χ0v) is 24.3. The van der Waals surface area contributed by atoms with Gasteiger partial charge in [0.25, 0.3) is 0 Å². The molecule has 0 aliphatic heterocycles. The Morgan fingerprint density at radius 2 is 0.917 bits per heavy atom. The Labute approximate surface area is 224 Å². The van der Waals surface area contributed by atoms with Crippen LogP contribution in [-0.4, -0.2) is 25.7 Å². The summed E-state index contributed by atoms with van der Waals surface area (Å²) in [7, 11) is 0. The zero-order chi connectivity index (χ0) is 26.1. The molecule has 0 bridgehead atoms. The number of hydrogen-bond donors (Lipinski definition) is 0. The first-order valence-electron chi connectivity index (χ1n) is 15.7. The van der Waals surface area contributed by atoms with E-state index in [9.17, 15) is 4.79 Å². The predicted octanol–water partition coefficient (Wildman–Crippen LogP) is 10.5. The van der Waals surface area contributed by atoms with E-state index in [-0.39, 0.29) is 5.97 Å². The second-order valence-electron chi connectivity index (χ2n) is 10.6. The van der Waals surface area contributed by atoms with Crippen molar-refractivity contribution in [1.82, 2.24) is 0 Å². The lowest BCUT2D eigenvalue weighted by molar-refractivity contribution is 0.0526. The molecule has 0 fully saturated rings. The van der Waals surface area contributed by atoms with Crippen LogP contribution < -0.4 is 4.90 Å². The van der Waals surface area contributed by atoms with Crippen LogP contribution in [0.3, 0.4) is 0 Å². The van der Waals surface area contributed by atoms with Gasteiger partial charge in [0.15, 0.2) is 0 Å². The van der Waals surface area contributed by atoms with Crippen molar-refractivity contribution in [2.75, 3.05) is 24.6 Å². The van der Waals surface area contributed by atoms with Crippen molar-refractivity contribution < 1.29 is 9.53 Å². The van der Waals surface area contributed by atoms with Gasteiger partial charge in [-0.15, -0.1) is 0 Å². The van der Waals surface area contributed by atoms with E-state index in [2.05, 4.69) is 30.9 Å². The number of nitrogens with zero attached hydrogens (tertiary/aromatic N) is 1. The third kappa shape index (κ3) is 17.0. The normalized spacial score (nSPS) is 11.1. The summed E-state index contributed by atoms with van der Waals surface area (Å²) in [6.07, 6.45) is 27.4. The molecule has 0 saturated heterocycles. The number of carbonyl (C=O) groups excluding carboxylic acids is 1. The highest BCUT2D eigenvalue weighted by Crippen LogP contribution is 2.19. The van der Waals surface area contributed by atoms with Crippen LogP contribution in [0, 0.1) is 0 Å². The first kappa shape index (κ1) is 32.5. The maximum atomic E-state index is 12.0. The number of carbonyl (C=O) groups is 1. The van der Waals surface area contributed by atoms with Crippen LogP contribution in [0.1, 0.15) is 160 Å². The molecule has 1 rings (SSSR count). The van der Waals surface area contributed by atoms with E-state index in [0.717, 1.165) is 13.1 Å². The molecule has 0 aliphatic rings. The summed E-state index contributed by atoms with van der Waals surface area (Å²) >= 11 is 0. The molecule has 36 heavy (non-hydrogen) atoms. The molecule has 0 aliphatic carbocycles. The number of benzene rings is 1. The van der Waals surface area contributed by atoms with Gasteiger partial charge >= 0.3 is 5.97 Å². The maximum absolute atomic E-state index is 12.0. The number of ether oxygens (including phenoxy) is 1. The van der Waals surface area contributed by atoms with Crippen LogP contribution in [0.25, 0.3) is 0 Å². The fourth-order valence-electron chi connectivity index (χ4n) is 4.97. The van der Waals surface area contributed by atoms with Gasteiger partial charge < -0.3 is 9.64 Å². The van der Waals surface area contributed by atoms with Crippen LogP contribution >= 0.6 is 0 Å². The second-order valence-corrected chi connectivity index (χ2v) is 10.6. The van der Waals surface area contributed by atoms with Crippen molar-refractivity contribution in [3.63, 3.8) is 0 Å². The summed E-state index contributed by atoms with van der Waals surface area (Å²) in [5.41, 5.74) is 1.90. The fourth-order valence-corrected chi connectivity index (χ4v) is 4.97. The fraction of sp³-hybridized carbons (Fsp3) is 0.788. The molecule has 208 valence electrons. The van der Waals surface area contributed by atoms with E-state index in [1.807, 2.05) is 19.1 Å². The standard InChI is InChI=1S/C33H59NO2/c1-4-7-9-11-13-15-17-19-21-23-29-34(30-24-22-20-18-16-14-12-10-8-5-2)32-27-25-31(26-28-32)33(35)36-6-3/h25-28H,4-24,29-30H2,1-3H3. The number of esters is 1. The largest absolute Gasteiger partial charge is 0.462 e. The molecule has 3 nitrogen and oxygen atoms in total. The quantitative estimate of drug-likeness (QED) is 0.0985. The molecule has 0 N–H and O–H groups in total. The SMILES string of the molecule is CCCCCCCCCCCCN(CCCCCCCCCCCC)c1ccc(C(=O)OCC)cc1. The first-order chi connectivity index (χ1) is 17.7. The lowest BCUT2D eigenvalue weighted by Gasteiger charge is -2.25. The molecule has 0 saturated carbocycles. The second kappa shape index (κ2) is 23.9. The molecule has 0 unspecified atom stereocenters. The maximum Gasteiger partial charge on any atom is 0.338 e. The van der Waals surface area contributed by atoms with Gasteiger partial charge in [0.2, 0.25) is 0 Å². The molecule has 0 aromatic heterocycles. The minimum Gasteiger partial charge on any atom is -0.462 e. The highest BCUT2D eigenvalue weighted by atomic mass is 16.5. The highest BCUT2D eigenvalue weighted by Gasteiger charge is 2.10. The Hall–Kier alpha value is -1.51. The summed E-state index contributed by atoms with van der Waals surface area (Å²) in [5, 5.41) is 0. The third-order valence-corrected chi connectivity index (χ3v) is 7.31. The summed E-state index contributed by atoms with van der Waals surface area (Å²) in [4.78, 5) is 14.6.